The van der Waals surface area contributed by atoms with Gasteiger partial charge in [0, 0.05) is 12.3 Å². The van der Waals surface area contributed by atoms with Crippen molar-refractivity contribution in [1.82, 2.24) is 9.55 Å². The van der Waals surface area contributed by atoms with Crippen molar-refractivity contribution >= 4 is 19.4 Å². The van der Waals surface area contributed by atoms with Crippen molar-refractivity contribution in [2.45, 2.75) is 24.5 Å². The molecule has 0 spiro atoms. The first kappa shape index (κ1) is 21.6. The first-order chi connectivity index (χ1) is 12.1. The number of Topliss-reactive ketones (excluding diaryl/α,β-unsaturated/α-hetero) is 1. The molecule has 0 aliphatic carbocycles. The van der Waals surface area contributed by atoms with Crippen molar-refractivity contribution in [3.63, 3.8) is 0 Å². The van der Waals surface area contributed by atoms with Crippen molar-refractivity contribution in [2.75, 3.05) is 12.8 Å². The molecule has 1 saturated heterocycles. The maximum Gasteiger partial charge on any atom is 0.373 e. The van der Waals surface area contributed by atoms with Gasteiger partial charge in [-0.1, -0.05) is 0 Å². The quantitative estimate of drug-likeness (QED) is 0.250. The van der Waals surface area contributed by atoms with E-state index in [0.717, 1.165) is 16.8 Å². The zero-order chi connectivity index (χ0) is 20.0. The summed E-state index contributed by atoms with van der Waals surface area (Å²) in [6, 6.07) is 1.09. The minimum absolute atomic E-state index is 0.479. The van der Waals surface area contributed by atoms with Gasteiger partial charge in [-0.05, 0) is 0 Å². The zero-order valence-corrected chi connectivity index (χ0v) is 13.8. The predicted octanol–water partition coefficient (Wildman–Crippen LogP) is -3.04. The Balaban J connectivity index is 0.000000321. The number of carbonyl (C=O) groups excluding carboxylic acids is 1. The number of carboxylic acids is 1. The number of aliphatic hydroxyl groups is 3. The second kappa shape index (κ2) is 9.31. The molecule has 0 amide bonds. The van der Waals surface area contributed by atoms with Crippen LogP contribution in [0.4, 0.5) is 0 Å². The number of aromatic nitrogens is 2. The van der Waals surface area contributed by atoms with Crippen molar-refractivity contribution in [3.05, 3.63) is 33.1 Å². The standard InChI is InChI=1S/C9H12N2O6.C3H3O5P/c12-3-4-6(14)7(15)8(17-4)11-2-1-5(13)10-9(11)16;4-2(3(5)6)1-9(7)8/h1-2,4,6-8,12,14-15H,3H2,(H,10,13,16);1H2,(H,5,6)/t4-,6-,7-,8-;/m1./s1. The molecule has 0 unspecified atom stereocenters. The highest BCUT2D eigenvalue weighted by atomic mass is 31.1. The molecular formula is C12H15N2O11P. The Bertz CT molecular complexity index is 834. The minimum atomic E-state index is -2.90. The molecule has 1 aromatic rings. The summed E-state index contributed by atoms with van der Waals surface area (Å²) in [7, 11) is -2.90. The number of hydrogen-bond acceptors (Lipinski definition) is 10. The van der Waals surface area contributed by atoms with Crippen LogP contribution in [0, 0.1) is 0 Å². The Morgan fingerprint density at radius 1 is 1.23 bits per heavy atom. The molecule has 13 nitrogen and oxygen atoms in total. The van der Waals surface area contributed by atoms with E-state index in [2.05, 4.69) is 0 Å². The third-order valence-electron chi connectivity index (χ3n) is 3.15. The number of nitrogens with zero attached hydrogens (tertiary/aromatic N) is 1. The molecule has 0 radical (unpaired) electrons. The number of ether oxygens (including phenoxy) is 1. The third-order valence-corrected chi connectivity index (χ3v) is 3.70. The predicted molar refractivity (Wildman–Crippen MR) is 80.1 cm³/mol. The average molecular weight is 394 g/mol. The van der Waals surface area contributed by atoms with Crippen LogP contribution >= 0.6 is 7.68 Å². The van der Waals surface area contributed by atoms with Gasteiger partial charge in [-0.3, -0.25) is 19.1 Å². The number of carbonyl (C=O) groups is 2. The normalized spacial score (nSPS) is 24.4. The van der Waals surface area contributed by atoms with E-state index in [1.165, 1.54) is 0 Å². The van der Waals surface area contributed by atoms with Crippen LogP contribution in [0.1, 0.15) is 6.23 Å². The Hall–Kier alpha value is -2.44. The topological polar surface area (TPSA) is 213 Å². The first-order valence-corrected chi connectivity index (χ1v) is 8.26. The summed E-state index contributed by atoms with van der Waals surface area (Å²) in [5, 5.41) is 35.9. The van der Waals surface area contributed by atoms with E-state index >= 15 is 0 Å². The Kier molecular flexibility index (Phi) is 7.74. The molecule has 1 fully saturated rings. The molecule has 26 heavy (non-hydrogen) atoms. The van der Waals surface area contributed by atoms with E-state index in [1.54, 1.807) is 0 Å². The van der Waals surface area contributed by atoms with Gasteiger partial charge >= 0.3 is 19.3 Å². The third kappa shape index (κ3) is 5.54. The van der Waals surface area contributed by atoms with Crippen LogP contribution in [0.2, 0.25) is 0 Å². The zero-order valence-electron chi connectivity index (χ0n) is 12.9. The van der Waals surface area contributed by atoms with E-state index in [4.69, 9.17) is 14.9 Å². The second-order valence-corrected chi connectivity index (χ2v) is 5.95. The van der Waals surface area contributed by atoms with Crippen molar-refractivity contribution in [1.29, 1.82) is 0 Å². The van der Waals surface area contributed by atoms with Crippen LogP contribution in [0.15, 0.2) is 21.9 Å². The molecule has 1 aliphatic rings. The molecule has 1 aromatic heterocycles. The Labute approximate surface area is 144 Å². The van der Waals surface area contributed by atoms with Crippen LogP contribution in [-0.4, -0.2) is 72.8 Å². The van der Waals surface area contributed by atoms with Gasteiger partial charge in [0.2, 0.25) is 0 Å². The minimum Gasteiger partial charge on any atom is -0.475 e. The lowest BCUT2D eigenvalue weighted by Crippen LogP contribution is -2.37. The van der Waals surface area contributed by atoms with Gasteiger partial charge in [0.15, 0.2) is 6.23 Å². The van der Waals surface area contributed by atoms with Crippen molar-refractivity contribution in [3.8, 4) is 0 Å². The number of hydrogen-bond donors (Lipinski definition) is 5. The summed E-state index contributed by atoms with van der Waals surface area (Å²) in [5.74, 6) is -3.01. The molecule has 0 saturated carbocycles. The Morgan fingerprint density at radius 3 is 2.23 bits per heavy atom. The number of aromatic amines is 1. The largest absolute Gasteiger partial charge is 0.475 e. The molecule has 14 heteroatoms. The number of nitrogens with one attached hydrogen (secondary N) is 1. The lowest BCUT2D eigenvalue weighted by atomic mass is 10.1. The summed E-state index contributed by atoms with van der Waals surface area (Å²) in [4.78, 5) is 43.9. The summed E-state index contributed by atoms with van der Waals surface area (Å²) in [6.45, 7) is -0.479. The molecule has 2 rings (SSSR count). The smallest absolute Gasteiger partial charge is 0.373 e. The maximum atomic E-state index is 11.4. The fraction of sp³-hybridized carbons (Fsp3) is 0.500. The lowest BCUT2D eigenvalue weighted by molar-refractivity contribution is -0.147. The van der Waals surface area contributed by atoms with E-state index in [0.29, 0.717) is 0 Å². The molecule has 2 heterocycles. The molecule has 0 aromatic carbocycles. The van der Waals surface area contributed by atoms with E-state index < -0.39 is 68.0 Å². The first-order valence-electron chi connectivity index (χ1n) is 6.90. The van der Waals surface area contributed by atoms with Crippen LogP contribution in [0.25, 0.3) is 0 Å². The van der Waals surface area contributed by atoms with Gasteiger partial charge in [-0.25, -0.2) is 18.7 Å². The van der Waals surface area contributed by atoms with Crippen LogP contribution in [-0.2, 0) is 23.5 Å². The number of rotatable bonds is 5. The number of carboxylic acid groups (broad SMARTS) is 1. The molecule has 5 N–H and O–H groups in total. The maximum absolute atomic E-state index is 11.4. The highest BCUT2D eigenvalue weighted by Gasteiger charge is 2.43. The van der Waals surface area contributed by atoms with Gasteiger partial charge in [0.05, 0.1) is 6.61 Å². The van der Waals surface area contributed by atoms with Gasteiger partial charge in [0.1, 0.15) is 24.5 Å². The number of ketones is 1. The molecule has 0 bridgehead atoms. The van der Waals surface area contributed by atoms with Crippen LogP contribution < -0.4 is 11.2 Å². The van der Waals surface area contributed by atoms with Crippen LogP contribution in [0.3, 0.4) is 0 Å². The van der Waals surface area contributed by atoms with E-state index in [1.807, 2.05) is 4.98 Å². The monoisotopic (exact) mass is 394 g/mol. The highest BCUT2D eigenvalue weighted by Crippen LogP contribution is 2.27. The van der Waals surface area contributed by atoms with E-state index in [-0.39, 0.29) is 0 Å². The van der Waals surface area contributed by atoms with Gasteiger partial charge < -0.3 is 25.2 Å². The second-order valence-electron chi connectivity index (χ2n) is 4.97. The molecular weight excluding hydrogens is 379 g/mol. The van der Waals surface area contributed by atoms with Gasteiger partial charge in [0.25, 0.3) is 11.3 Å². The number of H-pyrrole nitrogens is 1. The lowest BCUT2D eigenvalue weighted by Gasteiger charge is -2.16. The van der Waals surface area contributed by atoms with Crippen molar-refractivity contribution in [2.24, 2.45) is 0 Å². The average Bonchev–Trinajstić information content (AvgIpc) is 2.83. The molecule has 4 atom stereocenters. The number of aliphatic carboxylic acids is 1. The molecule has 144 valence electrons. The van der Waals surface area contributed by atoms with E-state index in [9.17, 15) is 38.5 Å². The van der Waals surface area contributed by atoms with Gasteiger partial charge in [-0.15, -0.1) is 0 Å². The fourth-order valence-corrected chi connectivity index (χ4v) is 2.29. The summed E-state index contributed by atoms with van der Waals surface area (Å²) < 4.78 is 25.4. The van der Waals surface area contributed by atoms with Gasteiger partial charge in [-0.2, -0.15) is 0 Å². The molecule has 1 aliphatic heterocycles. The highest BCUT2D eigenvalue weighted by molar-refractivity contribution is 7.32. The number of aliphatic hydroxyl groups excluding tert-OH is 3. The Morgan fingerprint density at radius 2 is 1.85 bits per heavy atom. The fourth-order valence-electron chi connectivity index (χ4n) is 1.92. The summed E-state index contributed by atoms with van der Waals surface area (Å²) >= 11 is 0. The van der Waals surface area contributed by atoms with Crippen LogP contribution in [0.5, 0.6) is 0 Å². The summed E-state index contributed by atoms with van der Waals surface area (Å²) in [6.07, 6.45) is -4.49. The van der Waals surface area contributed by atoms with Crippen molar-refractivity contribution < 1.29 is 43.9 Å². The summed E-state index contributed by atoms with van der Waals surface area (Å²) in [5.41, 5.74) is -1.33. The SMILES string of the molecule is O=C(O)C(=O)CP(=O)=O.O=c1ccn([C@@H]2O[C@H](CO)[C@@H](O)[C@H]2O)c(=O)[nH]1.